The van der Waals surface area contributed by atoms with Crippen molar-refractivity contribution in [1.29, 1.82) is 0 Å². The lowest BCUT2D eigenvalue weighted by Gasteiger charge is -2.13. The molecule has 0 aromatic heterocycles. The summed E-state index contributed by atoms with van der Waals surface area (Å²) in [5.41, 5.74) is 14.3. The van der Waals surface area contributed by atoms with Gasteiger partial charge in [0.2, 0.25) is 0 Å². The topological polar surface area (TPSA) is 81.5 Å². The maximum atomic E-state index is 12.4. The molecule has 0 unspecified atom stereocenters. The first-order valence-electron chi connectivity index (χ1n) is 8.86. The normalized spacial score (nSPS) is 11.4. The maximum Gasteiger partial charge on any atom is 0.186 e. The minimum Gasteiger partial charge on any atom is -0.370 e. The van der Waals surface area contributed by atoms with Gasteiger partial charge in [0.1, 0.15) is 5.78 Å². The number of hydrogen-bond acceptors (Lipinski definition) is 3. The lowest BCUT2D eigenvalue weighted by Crippen LogP contribution is -2.22. The van der Waals surface area contributed by atoms with Crippen LogP contribution >= 0.6 is 11.8 Å². The smallest absolute Gasteiger partial charge is 0.186 e. The molecule has 0 fully saturated rings. The van der Waals surface area contributed by atoms with E-state index in [2.05, 4.69) is 17.8 Å². The summed E-state index contributed by atoms with van der Waals surface area (Å²) in [7, 11) is 0. The quantitative estimate of drug-likeness (QED) is 0.351. The summed E-state index contributed by atoms with van der Waals surface area (Å²) >= 11 is 1.57. The zero-order chi connectivity index (χ0) is 19.4. The van der Waals surface area contributed by atoms with Gasteiger partial charge in [-0.3, -0.25) is 4.79 Å². The van der Waals surface area contributed by atoms with Gasteiger partial charge in [-0.05, 0) is 41.4 Å². The second-order valence-corrected chi connectivity index (χ2v) is 7.20. The highest BCUT2D eigenvalue weighted by Gasteiger charge is 2.11. The lowest BCUT2D eigenvalue weighted by molar-refractivity contribution is -0.118. The predicted octanol–water partition coefficient (Wildman–Crippen LogP) is 3.93. The fourth-order valence-electron chi connectivity index (χ4n) is 2.65. The van der Waals surface area contributed by atoms with Crippen LogP contribution in [0.1, 0.15) is 50.2 Å². The number of Topliss-reactive ketones (excluding diaryl/α,β-unsaturated/α-hetero) is 1. The number of nitrogens with two attached hydrogens (primary N) is 2. The van der Waals surface area contributed by atoms with Gasteiger partial charge < -0.3 is 11.5 Å². The molecule has 1 aromatic rings. The summed E-state index contributed by atoms with van der Waals surface area (Å²) in [4.78, 5) is 17.6. The molecule has 1 rings (SSSR count). The van der Waals surface area contributed by atoms with Gasteiger partial charge in [-0.2, -0.15) is 0 Å². The Morgan fingerprint density at radius 2 is 1.96 bits per heavy atom. The highest BCUT2D eigenvalue weighted by atomic mass is 32.2. The summed E-state index contributed by atoms with van der Waals surface area (Å²) < 4.78 is 0. The Labute approximate surface area is 161 Å². The summed E-state index contributed by atoms with van der Waals surface area (Å²) in [5.74, 6) is 3.47. The molecule has 1 aromatic carbocycles. The van der Waals surface area contributed by atoms with Crippen molar-refractivity contribution in [2.75, 3.05) is 5.88 Å². The Kier molecular flexibility index (Phi) is 10.3. The van der Waals surface area contributed by atoms with Crippen LogP contribution in [0.2, 0.25) is 0 Å². The Morgan fingerprint density at radius 3 is 2.58 bits per heavy atom. The van der Waals surface area contributed by atoms with Crippen molar-refractivity contribution in [2.45, 2.75) is 52.4 Å². The zero-order valence-electron chi connectivity index (χ0n) is 15.8. The van der Waals surface area contributed by atoms with Crippen molar-refractivity contribution in [2.24, 2.45) is 16.5 Å². The van der Waals surface area contributed by atoms with Gasteiger partial charge in [0, 0.05) is 19.3 Å². The number of nitrogens with zero attached hydrogens (tertiary/aromatic N) is 1. The number of thioether (sulfide) groups is 1. The monoisotopic (exact) mass is 371 g/mol. The average molecular weight is 372 g/mol. The molecule has 0 amide bonds. The zero-order valence-corrected chi connectivity index (χ0v) is 16.6. The van der Waals surface area contributed by atoms with E-state index in [1.54, 1.807) is 11.8 Å². The molecule has 0 bridgehead atoms. The number of hydrogen-bond donors (Lipinski definition) is 2. The number of allylic oxidation sites excluding steroid dienone is 2. The Hall–Kier alpha value is -2.19. The molecule has 0 spiro atoms. The van der Waals surface area contributed by atoms with Crippen molar-refractivity contribution >= 4 is 23.5 Å². The van der Waals surface area contributed by atoms with E-state index in [4.69, 9.17) is 17.9 Å². The first kappa shape index (κ1) is 21.9. The number of benzene rings is 1. The predicted molar refractivity (Wildman–Crippen MR) is 113 cm³/mol. The third-order valence-electron chi connectivity index (χ3n) is 4.03. The number of aryl methyl sites for hydroxylation is 1. The molecule has 0 saturated heterocycles. The first-order chi connectivity index (χ1) is 12.5. The highest BCUT2D eigenvalue weighted by molar-refractivity contribution is 8.03. The van der Waals surface area contributed by atoms with Crippen LogP contribution in [0.25, 0.3) is 0 Å². The van der Waals surface area contributed by atoms with Crippen LogP contribution in [-0.2, 0) is 11.2 Å². The van der Waals surface area contributed by atoms with Gasteiger partial charge in [-0.1, -0.05) is 37.6 Å². The molecule has 140 valence electrons. The van der Waals surface area contributed by atoms with Crippen LogP contribution in [0.3, 0.4) is 0 Å². The molecular weight excluding hydrogens is 342 g/mol. The van der Waals surface area contributed by atoms with Crippen LogP contribution in [0.4, 0.5) is 0 Å². The first-order valence-corrected chi connectivity index (χ1v) is 9.85. The summed E-state index contributed by atoms with van der Waals surface area (Å²) in [6, 6.07) is 8.00. The summed E-state index contributed by atoms with van der Waals surface area (Å²) in [6.07, 6.45) is 9.72. The molecular formula is C21H29N3OS. The van der Waals surface area contributed by atoms with Crippen molar-refractivity contribution in [3.05, 3.63) is 45.9 Å². The number of carbonyl (C=O) groups is 1. The molecule has 0 atom stereocenters. The fourth-order valence-corrected chi connectivity index (χ4v) is 3.64. The van der Waals surface area contributed by atoms with E-state index in [1.807, 2.05) is 31.2 Å². The molecule has 0 aliphatic heterocycles. The van der Waals surface area contributed by atoms with Crippen molar-refractivity contribution in [1.82, 2.24) is 0 Å². The number of terminal acetylenes is 1. The molecule has 26 heavy (non-hydrogen) atoms. The number of rotatable bonds is 11. The molecule has 0 aliphatic rings. The van der Waals surface area contributed by atoms with Crippen LogP contribution in [0.15, 0.2) is 39.7 Å². The summed E-state index contributed by atoms with van der Waals surface area (Å²) in [5, 5.41) is 0. The summed E-state index contributed by atoms with van der Waals surface area (Å²) in [6.45, 7) is 4.16. The van der Waals surface area contributed by atoms with Crippen molar-refractivity contribution in [3.8, 4) is 12.3 Å². The minimum atomic E-state index is 0.0708. The molecule has 5 heteroatoms. The second kappa shape index (κ2) is 12.2. The minimum absolute atomic E-state index is 0.0708. The fraction of sp³-hybridized carbons (Fsp3) is 0.429. The van der Waals surface area contributed by atoms with Gasteiger partial charge in [-0.15, -0.1) is 24.1 Å². The van der Waals surface area contributed by atoms with Gasteiger partial charge in [0.25, 0.3) is 0 Å². The van der Waals surface area contributed by atoms with Crippen LogP contribution in [-0.4, -0.2) is 17.6 Å². The number of guanidine groups is 1. The Bertz CT molecular complexity index is 697. The third kappa shape index (κ3) is 8.26. The van der Waals surface area contributed by atoms with Crippen LogP contribution in [0.5, 0.6) is 0 Å². The van der Waals surface area contributed by atoms with Crippen LogP contribution < -0.4 is 11.5 Å². The number of aliphatic imine (C=N–C) groups is 1. The molecule has 4 nitrogen and oxygen atoms in total. The van der Waals surface area contributed by atoms with E-state index < -0.39 is 0 Å². The van der Waals surface area contributed by atoms with Crippen molar-refractivity contribution < 1.29 is 4.79 Å². The molecule has 0 heterocycles. The Balaban J connectivity index is 2.79. The molecule has 0 radical (unpaired) electrons. The Morgan fingerprint density at radius 1 is 1.23 bits per heavy atom. The molecule has 0 aliphatic carbocycles. The van der Waals surface area contributed by atoms with E-state index in [1.165, 1.54) is 5.57 Å². The second-order valence-electron chi connectivity index (χ2n) is 6.16. The largest absolute Gasteiger partial charge is 0.370 e. The average Bonchev–Trinajstić information content (AvgIpc) is 2.59. The van der Waals surface area contributed by atoms with E-state index in [9.17, 15) is 4.79 Å². The van der Waals surface area contributed by atoms with Gasteiger partial charge in [-0.25, -0.2) is 4.99 Å². The SMILES string of the molecule is C#CC/C(CCC)=C(/CCC(=O)Cc1ccccc1C)SCN=C(N)N. The van der Waals surface area contributed by atoms with Gasteiger partial charge >= 0.3 is 0 Å². The van der Waals surface area contributed by atoms with Gasteiger partial charge in [0.15, 0.2) is 5.96 Å². The lowest BCUT2D eigenvalue weighted by atomic mass is 10.00. The third-order valence-corrected chi connectivity index (χ3v) is 5.13. The molecule has 4 N–H and O–H groups in total. The van der Waals surface area contributed by atoms with Crippen LogP contribution in [0, 0.1) is 19.3 Å². The van der Waals surface area contributed by atoms with E-state index in [0.29, 0.717) is 31.6 Å². The standard InChI is InChI=1S/C21H29N3OS/c1-4-8-17(9-5-2)20(26-15-24-21(22)23)13-12-19(25)14-18-11-7-6-10-16(18)3/h1,6-7,10-11H,5,8-9,12-15H2,2-3H3,(H4,22,23,24)/b20-17+. The van der Waals surface area contributed by atoms with Crippen molar-refractivity contribution in [3.63, 3.8) is 0 Å². The number of carbonyl (C=O) groups excluding carboxylic acids is 1. The number of ketones is 1. The van der Waals surface area contributed by atoms with E-state index in [-0.39, 0.29) is 11.7 Å². The highest BCUT2D eigenvalue weighted by Crippen LogP contribution is 2.29. The molecule has 0 saturated carbocycles. The van der Waals surface area contributed by atoms with Gasteiger partial charge in [0.05, 0.1) is 5.88 Å². The van der Waals surface area contributed by atoms with E-state index in [0.717, 1.165) is 28.9 Å². The maximum absolute atomic E-state index is 12.4. The van der Waals surface area contributed by atoms with E-state index >= 15 is 0 Å².